The first-order valence-corrected chi connectivity index (χ1v) is 9.15. The molecule has 2 heterocycles. The number of likely N-dealkylation sites (tertiary alicyclic amines) is 1. The monoisotopic (exact) mass is 370 g/mol. The molecule has 1 saturated heterocycles. The molecule has 1 aliphatic rings. The summed E-state index contributed by atoms with van der Waals surface area (Å²) in [5.74, 6) is 0.352. The maximum atomic E-state index is 14.4. The molecule has 1 aliphatic heterocycles. The van der Waals surface area contributed by atoms with Crippen LogP contribution in [0.1, 0.15) is 12.8 Å². The minimum Gasteiger partial charge on any atom is -0.364 e. The van der Waals surface area contributed by atoms with Crippen LogP contribution in [-0.4, -0.2) is 41.3 Å². The highest BCUT2D eigenvalue weighted by molar-refractivity contribution is 6.30. The molecule has 1 atom stereocenters. The second kappa shape index (κ2) is 7.17. The van der Waals surface area contributed by atoms with Gasteiger partial charge in [-0.25, -0.2) is 4.39 Å². The van der Waals surface area contributed by atoms with Crippen molar-refractivity contribution in [2.24, 2.45) is 0 Å². The van der Waals surface area contributed by atoms with E-state index in [4.69, 9.17) is 11.6 Å². The normalized spacial score (nSPS) is 18.2. The topological polar surface area (TPSA) is 41.0 Å². The molecule has 0 amide bonds. The van der Waals surface area contributed by atoms with Gasteiger partial charge in [-0.1, -0.05) is 35.9 Å². The SMILES string of the molecule is CN1CCCC(Nc2nnc(-c3ccc(Cl)cc3F)c3ccccc23)C1. The van der Waals surface area contributed by atoms with Crippen molar-refractivity contribution < 1.29 is 4.39 Å². The van der Waals surface area contributed by atoms with E-state index in [1.54, 1.807) is 12.1 Å². The lowest BCUT2D eigenvalue weighted by atomic mass is 10.0. The van der Waals surface area contributed by atoms with Crippen molar-refractivity contribution in [2.45, 2.75) is 18.9 Å². The van der Waals surface area contributed by atoms with E-state index >= 15 is 0 Å². The van der Waals surface area contributed by atoms with Crippen LogP contribution in [0.5, 0.6) is 0 Å². The number of anilines is 1. The molecule has 2 aromatic carbocycles. The first-order valence-electron chi connectivity index (χ1n) is 8.78. The van der Waals surface area contributed by atoms with Gasteiger partial charge >= 0.3 is 0 Å². The molecule has 0 spiro atoms. The second-order valence-corrected chi connectivity index (χ2v) is 7.25. The van der Waals surface area contributed by atoms with Crippen LogP contribution in [0, 0.1) is 5.82 Å². The Bertz CT molecular complexity index is 946. The van der Waals surface area contributed by atoms with E-state index < -0.39 is 5.82 Å². The second-order valence-electron chi connectivity index (χ2n) is 6.81. The molecule has 1 unspecified atom stereocenters. The number of nitrogens with zero attached hydrogens (tertiary/aromatic N) is 3. The van der Waals surface area contributed by atoms with Gasteiger partial charge in [0.05, 0.1) is 0 Å². The van der Waals surface area contributed by atoms with E-state index in [-0.39, 0.29) is 0 Å². The summed E-state index contributed by atoms with van der Waals surface area (Å²) in [6.07, 6.45) is 2.27. The van der Waals surface area contributed by atoms with Gasteiger partial charge in [-0.15, -0.1) is 10.2 Å². The van der Waals surface area contributed by atoms with Crippen LogP contribution in [0.3, 0.4) is 0 Å². The average Bonchev–Trinajstić information content (AvgIpc) is 2.63. The Morgan fingerprint density at radius 1 is 1.15 bits per heavy atom. The molecule has 1 N–H and O–H groups in total. The standard InChI is InChI=1S/C20H20ClFN4/c1-26-10-4-5-14(12-26)23-20-16-7-3-2-6-15(16)19(24-25-20)17-9-8-13(21)11-18(17)22/h2-3,6-9,11,14H,4-5,10,12H2,1H3,(H,23,25). The number of hydrogen-bond acceptors (Lipinski definition) is 4. The van der Waals surface area contributed by atoms with Crippen LogP contribution in [0.15, 0.2) is 42.5 Å². The predicted octanol–water partition coefficient (Wildman–Crippen LogP) is 4.60. The number of halogens is 2. The maximum absolute atomic E-state index is 14.4. The number of hydrogen-bond donors (Lipinski definition) is 1. The van der Waals surface area contributed by atoms with Crippen molar-refractivity contribution in [2.75, 3.05) is 25.5 Å². The van der Waals surface area contributed by atoms with Crippen LogP contribution in [-0.2, 0) is 0 Å². The van der Waals surface area contributed by atoms with Crippen molar-refractivity contribution in [3.05, 3.63) is 53.3 Å². The number of fused-ring (bicyclic) bond motifs is 1. The molecule has 4 nitrogen and oxygen atoms in total. The summed E-state index contributed by atoms with van der Waals surface area (Å²) in [6.45, 7) is 2.10. The highest BCUT2D eigenvalue weighted by Gasteiger charge is 2.20. The summed E-state index contributed by atoms with van der Waals surface area (Å²) < 4.78 is 14.4. The zero-order valence-electron chi connectivity index (χ0n) is 14.5. The lowest BCUT2D eigenvalue weighted by Gasteiger charge is -2.30. The predicted molar refractivity (Wildman–Crippen MR) is 104 cm³/mol. The first kappa shape index (κ1) is 17.2. The van der Waals surface area contributed by atoms with E-state index in [9.17, 15) is 4.39 Å². The van der Waals surface area contributed by atoms with Crippen molar-refractivity contribution in [3.63, 3.8) is 0 Å². The Morgan fingerprint density at radius 3 is 2.73 bits per heavy atom. The minimum absolute atomic E-state index is 0.338. The molecular formula is C20H20ClFN4. The number of aromatic nitrogens is 2. The largest absolute Gasteiger partial charge is 0.364 e. The Hall–Kier alpha value is -2.24. The zero-order chi connectivity index (χ0) is 18.1. The fourth-order valence-electron chi connectivity index (χ4n) is 3.57. The van der Waals surface area contributed by atoms with Crippen LogP contribution in [0.25, 0.3) is 22.0 Å². The van der Waals surface area contributed by atoms with Crippen LogP contribution < -0.4 is 5.32 Å². The summed E-state index contributed by atoms with van der Waals surface area (Å²) in [5.41, 5.74) is 0.933. The molecular weight excluding hydrogens is 351 g/mol. The summed E-state index contributed by atoms with van der Waals surface area (Å²) in [7, 11) is 2.13. The van der Waals surface area contributed by atoms with Gasteiger partial charge in [-0.3, -0.25) is 0 Å². The lowest BCUT2D eigenvalue weighted by molar-refractivity contribution is 0.261. The third-order valence-corrected chi connectivity index (χ3v) is 5.07. The molecule has 1 aromatic heterocycles. The number of rotatable bonds is 3. The molecule has 26 heavy (non-hydrogen) atoms. The lowest BCUT2D eigenvalue weighted by Crippen LogP contribution is -2.40. The Kier molecular flexibility index (Phi) is 4.74. The van der Waals surface area contributed by atoms with E-state index in [1.807, 2.05) is 24.3 Å². The van der Waals surface area contributed by atoms with Gasteiger partial charge in [0, 0.05) is 33.9 Å². The van der Waals surface area contributed by atoms with Crippen molar-refractivity contribution >= 4 is 28.2 Å². The van der Waals surface area contributed by atoms with Crippen molar-refractivity contribution in [1.82, 2.24) is 15.1 Å². The fraction of sp³-hybridized carbons (Fsp3) is 0.300. The van der Waals surface area contributed by atoms with Crippen molar-refractivity contribution in [1.29, 1.82) is 0 Å². The van der Waals surface area contributed by atoms with Crippen LogP contribution in [0.2, 0.25) is 5.02 Å². The van der Waals surface area contributed by atoms with Gasteiger partial charge in [0.1, 0.15) is 11.5 Å². The highest BCUT2D eigenvalue weighted by atomic mass is 35.5. The van der Waals surface area contributed by atoms with E-state index in [0.29, 0.717) is 22.3 Å². The summed E-state index contributed by atoms with van der Waals surface area (Å²) in [6, 6.07) is 12.8. The molecule has 0 bridgehead atoms. The van der Waals surface area contributed by atoms with E-state index in [1.165, 1.54) is 6.07 Å². The van der Waals surface area contributed by atoms with Gasteiger partial charge in [-0.05, 0) is 44.6 Å². The fourth-order valence-corrected chi connectivity index (χ4v) is 3.73. The molecule has 1 fully saturated rings. The number of likely N-dealkylation sites (N-methyl/N-ethyl adjacent to an activating group) is 1. The van der Waals surface area contributed by atoms with Crippen molar-refractivity contribution in [3.8, 4) is 11.3 Å². The van der Waals surface area contributed by atoms with Gasteiger partial charge in [0.15, 0.2) is 5.82 Å². The molecule has 4 rings (SSSR count). The first-order chi connectivity index (χ1) is 12.6. The van der Waals surface area contributed by atoms with Gasteiger partial charge in [0.25, 0.3) is 0 Å². The Morgan fingerprint density at radius 2 is 1.96 bits per heavy atom. The molecule has 0 radical (unpaired) electrons. The summed E-state index contributed by atoms with van der Waals surface area (Å²) >= 11 is 5.88. The summed E-state index contributed by atoms with van der Waals surface area (Å²) in [5, 5.41) is 14.4. The average molecular weight is 371 g/mol. The van der Waals surface area contributed by atoms with Crippen LogP contribution >= 0.6 is 11.6 Å². The third-order valence-electron chi connectivity index (χ3n) is 4.84. The molecule has 0 saturated carbocycles. The Balaban J connectivity index is 1.76. The number of benzene rings is 2. The molecule has 3 aromatic rings. The van der Waals surface area contributed by atoms with Gasteiger partial charge in [-0.2, -0.15) is 0 Å². The minimum atomic E-state index is -0.397. The maximum Gasteiger partial charge on any atom is 0.156 e. The number of piperidine rings is 1. The van der Waals surface area contributed by atoms with E-state index in [2.05, 4.69) is 27.5 Å². The molecule has 0 aliphatic carbocycles. The van der Waals surface area contributed by atoms with Gasteiger partial charge in [0.2, 0.25) is 0 Å². The molecule has 6 heteroatoms. The smallest absolute Gasteiger partial charge is 0.156 e. The zero-order valence-corrected chi connectivity index (χ0v) is 15.3. The highest BCUT2D eigenvalue weighted by Crippen LogP contribution is 2.32. The van der Waals surface area contributed by atoms with E-state index in [0.717, 1.165) is 42.5 Å². The molecule has 134 valence electrons. The van der Waals surface area contributed by atoms with Gasteiger partial charge < -0.3 is 10.2 Å². The third kappa shape index (κ3) is 3.37. The summed E-state index contributed by atoms with van der Waals surface area (Å²) in [4.78, 5) is 2.31. The van der Waals surface area contributed by atoms with Crippen LogP contribution in [0.4, 0.5) is 10.2 Å². The Labute approximate surface area is 157 Å². The quantitative estimate of drug-likeness (QED) is 0.731. The number of nitrogens with one attached hydrogen (secondary N) is 1.